The fraction of sp³-hybridized carbons (Fsp3) is 0.455. The van der Waals surface area contributed by atoms with Gasteiger partial charge >= 0.3 is 12.1 Å². The molecule has 1 saturated heterocycles. The van der Waals surface area contributed by atoms with Crippen molar-refractivity contribution in [3.05, 3.63) is 23.8 Å². The standard InChI is InChI=1S/C11H10F3N3O3/c12-11(13,14)10-15-4-6(5-16-10)8(18)17-3-1-2-7(17)9(19)20/h4-5,7H,1-3H2,(H,19,20). The van der Waals surface area contributed by atoms with E-state index in [4.69, 9.17) is 5.11 Å². The molecule has 1 fully saturated rings. The molecule has 9 heteroatoms. The Morgan fingerprint density at radius 2 is 1.90 bits per heavy atom. The summed E-state index contributed by atoms with van der Waals surface area (Å²) in [6.07, 6.45) is -2.31. The van der Waals surface area contributed by atoms with Crippen LogP contribution in [0.3, 0.4) is 0 Å². The van der Waals surface area contributed by atoms with Crippen LogP contribution in [0.2, 0.25) is 0 Å². The molecule has 1 aliphatic rings. The van der Waals surface area contributed by atoms with Crippen LogP contribution in [0.25, 0.3) is 0 Å². The Kier molecular flexibility index (Phi) is 3.60. The van der Waals surface area contributed by atoms with Crippen molar-refractivity contribution >= 4 is 11.9 Å². The van der Waals surface area contributed by atoms with Crippen LogP contribution in [0.15, 0.2) is 12.4 Å². The number of carbonyl (C=O) groups excluding carboxylic acids is 1. The SMILES string of the molecule is O=C(O)C1CCCN1C(=O)c1cnc(C(F)(F)F)nc1. The number of rotatable bonds is 2. The Balaban J connectivity index is 2.19. The van der Waals surface area contributed by atoms with E-state index in [1.807, 2.05) is 0 Å². The lowest BCUT2D eigenvalue weighted by Gasteiger charge is -2.21. The first-order valence-electron chi connectivity index (χ1n) is 5.73. The van der Waals surface area contributed by atoms with Crippen molar-refractivity contribution in [2.45, 2.75) is 25.1 Å². The van der Waals surface area contributed by atoms with Crippen molar-refractivity contribution in [1.29, 1.82) is 0 Å². The van der Waals surface area contributed by atoms with Crippen LogP contribution in [-0.4, -0.2) is 44.4 Å². The van der Waals surface area contributed by atoms with E-state index in [0.717, 1.165) is 17.3 Å². The van der Waals surface area contributed by atoms with Gasteiger partial charge in [-0.25, -0.2) is 14.8 Å². The monoisotopic (exact) mass is 289 g/mol. The summed E-state index contributed by atoms with van der Waals surface area (Å²) in [7, 11) is 0. The molecule has 1 aromatic rings. The highest BCUT2D eigenvalue weighted by atomic mass is 19.4. The number of aromatic nitrogens is 2. The highest BCUT2D eigenvalue weighted by molar-refractivity contribution is 5.96. The summed E-state index contributed by atoms with van der Waals surface area (Å²) < 4.78 is 36.9. The summed E-state index contributed by atoms with van der Waals surface area (Å²) in [5.74, 6) is -3.16. The zero-order chi connectivity index (χ0) is 14.9. The first-order valence-corrected chi connectivity index (χ1v) is 5.73. The predicted octanol–water partition coefficient (Wildman–Crippen LogP) is 1.18. The second-order valence-electron chi connectivity index (χ2n) is 4.29. The lowest BCUT2D eigenvalue weighted by atomic mass is 10.2. The Hall–Kier alpha value is -2.19. The van der Waals surface area contributed by atoms with E-state index >= 15 is 0 Å². The molecule has 1 amide bonds. The van der Waals surface area contributed by atoms with Crippen molar-refractivity contribution in [1.82, 2.24) is 14.9 Å². The smallest absolute Gasteiger partial charge is 0.451 e. The summed E-state index contributed by atoms with van der Waals surface area (Å²) >= 11 is 0. The third kappa shape index (κ3) is 2.70. The molecule has 0 saturated carbocycles. The molecule has 20 heavy (non-hydrogen) atoms. The molecule has 0 aliphatic carbocycles. The molecule has 0 aromatic carbocycles. The van der Waals surface area contributed by atoms with Crippen molar-refractivity contribution in [3.63, 3.8) is 0 Å². The summed E-state index contributed by atoms with van der Waals surface area (Å²) in [5, 5.41) is 8.96. The number of carboxylic acids is 1. The van der Waals surface area contributed by atoms with E-state index in [0.29, 0.717) is 12.8 Å². The number of carbonyl (C=O) groups is 2. The summed E-state index contributed by atoms with van der Waals surface area (Å²) in [5.41, 5.74) is -0.161. The quantitative estimate of drug-likeness (QED) is 0.884. The average Bonchev–Trinajstić information content (AvgIpc) is 2.86. The topological polar surface area (TPSA) is 83.4 Å². The summed E-state index contributed by atoms with van der Waals surface area (Å²) in [6.45, 7) is 0.247. The van der Waals surface area contributed by atoms with Crippen LogP contribution in [0.4, 0.5) is 13.2 Å². The van der Waals surface area contributed by atoms with Gasteiger partial charge in [-0.15, -0.1) is 0 Å². The van der Waals surface area contributed by atoms with Crippen LogP contribution in [-0.2, 0) is 11.0 Å². The molecule has 0 spiro atoms. The van der Waals surface area contributed by atoms with Crippen molar-refractivity contribution < 1.29 is 27.9 Å². The zero-order valence-electron chi connectivity index (χ0n) is 10.1. The molecule has 6 nitrogen and oxygen atoms in total. The largest absolute Gasteiger partial charge is 0.480 e. The Morgan fingerprint density at radius 3 is 2.40 bits per heavy atom. The summed E-state index contributed by atoms with van der Waals surface area (Å²) in [6, 6.07) is -0.954. The second-order valence-corrected chi connectivity index (χ2v) is 4.29. The minimum absolute atomic E-state index is 0.161. The normalized spacial score (nSPS) is 19.1. The van der Waals surface area contributed by atoms with Crippen molar-refractivity contribution in [3.8, 4) is 0 Å². The van der Waals surface area contributed by atoms with Gasteiger partial charge in [0.05, 0.1) is 5.56 Å². The van der Waals surface area contributed by atoms with E-state index in [-0.39, 0.29) is 12.1 Å². The lowest BCUT2D eigenvalue weighted by Crippen LogP contribution is -2.40. The van der Waals surface area contributed by atoms with E-state index in [1.54, 1.807) is 0 Å². The van der Waals surface area contributed by atoms with Gasteiger partial charge < -0.3 is 10.0 Å². The van der Waals surface area contributed by atoms with Gasteiger partial charge in [-0.05, 0) is 12.8 Å². The van der Waals surface area contributed by atoms with Crippen LogP contribution in [0, 0.1) is 0 Å². The first-order chi connectivity index (χ1) is 9.30. The van der Waals surface area contributed by atoms with Gasteiger partial charge in [0, 0.05) is 18.9 Å². The molecule has 2 heterocycles. The maximum Gasteiger partial charge on any atom is 0.451 e. The maximum absolute atomic E-state index is 12.3. The number of likely N-dealkylation sites (tertiary alicyclic amines) is 1. The third-order valence-electron chi connectivity index (χ3n) is 2.95. The molecule has 0 bridgehead atoms. The molecule has 1 aliphatic heterocycles. The molecule has 1 aromatic heterocycles. The summed E-state index contributed by atoms with van der Waals surface area (Å²) in [4.78, 5) is 30.3. The highest BCUT2D eigenvalue weighted by Crippen LogP contribution is 2.26. The van der Waals surface area contributed by atoms with Gasteiger partial charge in [-0.3, -0.25) is 4.79 Å². The van der Waals surface area contributed by atoms with Gasteiger partial charge in [0.2, 0.25) is 5.82 Å². The van der Waals surface area contributed by atoms with Crippen LogP contribution >= 0.6 is 0 Å². The number of carboxylic acid groups (broad SMARTS) is 1. The molecule has 1 unspecified atom stereocenters. The zero-order valence-corrected chi connectivity index (χ0v) is 10.1. The van der Waals surface area contributed by atoms with Crippen molar-refractivity contribution in [2.24, 2.45) is 0 Å². The number of halogens is 3. The number of amides is 1. The third-order valence-corrected chi connectivity index (χ3v) is 2.95. The number of aliphatic carboxylic acids is 1. The minimum Gasteiger partial charge on any atom is -0.480 e. The van der Waals surface area contributed by atoms with Crippen LogP contribution in [0.1, 0.15) is 29.0 Å². The maximum atomic E-state index is 12.3. The van der Waals surface area contributed by atoms with Crippen LogP contribution < -0.4 is 0 Å². The number of hydrogen-bond donors (Lipinski definition) is 1. The fourth-order valence-electron chi connectivity index (χ4n) is 2.02. The molecule has 2 rings (SSSR count). The van der Waals surface area contributed by atoms with Gasteiger partial charge in [-0.2, -0.15) is 13.2 Å². The molecule has 0 radical (unpaired) electrons. The van der Waals surface area contributed by atoms with Gasteiger partial charge in [0.1, 0.15) is 6.04 Å². The minimum atomic E-state index is -4.68. The van der Waals surface area contributed by atoms with Gasteiger partial charge in [0.25, 0.3) is 5.91 Å². The Bertz CT molecular complexity index is 530. The van der Waals surface area contributed by atoms with E-state index < -0.39 is 29.9 Å². The van der Waals surface area contributed by atoms with E-state index in [9.17, 15) is 22.8 Å². The first kappa shape index (κ1) is 14.2. The number of alkyl halides is 3. The van der Waals surface area contributed by atoms with Gasteiger partial charge in [-0.1, -0.05) is 0 Å². The highest BCUT2D eigenvalue weighted by Gasteiger charge is 2.36. The predicted molar refractivity (Wildman–Crippen MR) is 58.7 cm³/mol. The number of nitrogens with zero attached hydrogens (tertiary/aromatic N) is 3. The molecular formula is C11H10F3N3O3. The Labute approximate surface area is 111 Å². The molecule has 1 atom stereocenters. The van der Waals surface area contributed by atoms with Crippen molar-refractivity contribution in [2.75, 3.05) is 6.54 Å². The number of hydrogen-bond acceptors (Lipinski definition) is 4. The van der Waals surface area contributed by atoms with E-state index in [1.165, 1.54) is 0 Å². The fourth-order valence-corrected chi connectivity index (χ4v) is 2.02. The molecular weight excluding hydrogens is 279 g/mol. The second kappa shape index (κ2) is 5.06. The Morgan fingerprint density at radius 1 is 1.30 bits per heavy atom. The molecule has 108 valence electrons. The van der Waals surface area contributed by atoms with E-state index in [2.05, 4.69) is 9.97 Å². The molecule has 1 N–H and O–H groups in total. The van der Waals surface area contributed by atoms with Crippen LogP contribution in [0.5, 0.6) is 0 Å². The lowest BCUT2D eigenvalue weighted by molar-refractivity contribution is -0.145. The average molecular weight is 289 g/mol. The van der Waals surface area contributed by atoms with Gasteiger partial charge in [0.15, 0.2) is 0 Å².